The zero-order valence-corrected chi connectivity index (χ0v) is 60.8. The fraction of sp³-hybridized carbons (Fsp3) is 0.739. The lowest BCUT2D eigenvalue weighted by Crippen LogP contribution is -2.65. The van der Waals surface area contributed by atoms with Gasteiger partial charge in [0.1, 0.15) is 54.4 Å². The number of likely N-dealkylation sites (N-methyl/N-ethyl adjacent to an activating group) is 7. The van der Waals surface area contributed by atoms with E-state index < -0.39 is 193 Å². The van der Waals surface area contributed by atoms with Crippen molar-refractivity contribution < 1.29 is 88.6 Å². The van der Waals surface area contributed by atoms with E-state index in [0.29, 0.717) is 75.8 Å². The molecule has 32 heteroatoms. The summed E-state index contributed by atoms with van der Waals surface area (Å²) in [6, 6.07) is -7.06. The highest BCUT2D eigenvalue weighted by Gasteiger charge is 2.52. The molecule has 12 amide bonds. The van der Waals surface area contributed by atoms with Gasteiger partial charge in [-0.2, -0.15) is 26.3 Å². The number of likely N-dealkylation sites (tertiary alicyclic amines) is 1. The van der Waals surface area contributed by atoms with Gasteiger partial charge >= 0.3 is 12.4 Å². The molecule has 25 nitrogen and oxygen atoms in total. The number of aryl methyl sites for hydroxylation is 1. The average Bonchev–Trinajstić information content (AvgIpc) is 1.76. The molecule has 1 unspecified atom stereocenters. The van der Waals surface area contributed by atoms with Crippen LogP contribution >= 0.6 is 11.6 Å². The molecule has 8 atom stereocenters. The number of alkyl halides is 6. The number of carbonyl (C=O) groups is 12. The monoisotopic (exact) mass is 1460 g/mol. The van der Waals surface area contributed by atoms with E-state index in [1.54, 1.807) is 18.7 Å². The van der Waals surface area contributed by atoms with Gasteiger partial charge in [0.15, 0.2) is 0 Å². The van der Waals surface area contributed by atoms with Crippen molar-refractivity contribution in [2.24, 2.45) is 17.8 Å². The molecule has 3 saturated heterocycles. The molecule has 101 heavy (non-hydrogen) atoms. The molecule has 0 aromatic heterocycles. The number of fused-ring (bicyclic) bond motifs is 1. The maximum absolute atomic E-state index is 15.8. The van der Waals surface area contributed by atoms with Crippen molar-refractivity contribution in [1.29, 1.82) is 0 Å². The van der Waals surface area contributed by atoms with Gasteiger partial charge in [0.2, 0.25) is 70.9 Å². The lowest BCUT2D eigenvalue weighted by atomic mass is 9.81. The van der Waals surface area contributed by atoms with Crippen LogP contribution in [0.1, 0.15) is 154 Å². The minimum absolute atomic E-state index is 0.0601. The van der Waals surface area contributed by atoms with Crippen LogP contribution in [-0.2, 0) is 74.9 Å². The van der Waals surface area contributed by atoms with Crippen molar-refractivity contribution in [1.82, 2.24) is 60.0 Å². The molecular formula is C69H103ClF6N12O13. The largest absolute Gasteiger partial charge is 0.417 e. The summed E-state index contributed by atoms with van der Waals surface area (Å²) in [4.78, 5) is 188. The molecular weight excluding hydrogens is 1350 g/mol. The number of piperidine rings is 1. The number of nitrogens with zero attached hydrogens (tertiary/aromatic N) is 9. The van der Waals surface area contributed by atoms with Gasteiger partial charge in [-0.15, -0.1) is 0 Å². The molecule has 2 saturated carbocycles. The van der Waals surface area contributed by atoms with Crippen molar-refractivity contribution >= 4 is 82.5 Å². The number of hydrogen-bond donors (Lipinski definition) is 3. The Balaban J connectivity index is 1.44. The number of ether oxygens (including phenoxy) is 1. The molecule has 1 aromatic carbocycles. The van der Waals surface area contributed by atoms with E-state index in [-0.39, 0.29) is 63.0 Å². The van der Waals surface area contributed by atoms with Crippen molar-refractivity contribution in [3.05, 3.63) is 34.3 Å². The van der Waals surface area contributed by atoms with Gasteiger partial charge in [-0.3, -0.25) is 57.5 Å². The summed E-state index contributed by atoms with van der Waals surface area (Å²) in [5.41, 5.74) is -2.57. The van der Waals surface area contributed by atoms with Gasteiger partial charge in [-0.1, -0.05) is 83.9 Å². The standard InChI is InChI=1S/C69H103ClF6N12O13/c1-12-43(4)57-64(98)82(7)38-55(91)80(5)39-56(92)84(9)52(40-101-41-68(71,72)73)62(96)81(6)37-53(89)77-48(28-26-44-25-27-46(47(70)35-44)69(74,75)76)61(95)88-33-21-24-49(88)60(94)79-67(29-17-18-30-67)66(100)86(11)58(45-22-15-13-16-23-45)65(99)85(10)51(63(97)87-31-19-14-20-32-87)36-54(90)83(8)50(34-42(2)3)59(93)78-57/h25,27,35,42-43,45,48-52,57-58H,12-24,26,28-34,36-41H2,1-11H3,(H,77,89)(H,78,93)(H,79,94)/t43-,48-,49?,50-,51-,52-,57-,58-/m0/s1. The quantitative estimate of drug-likeness (QED) is 0.232. The highest BCUT2D eigenvalue weighted by Crippen LogP contribution is 2.38. The minimum atomic E-state index is -4.91. The molecule has 5 aliphatic rings. The first-order valence-electron chi connectivity index (χ1n) is 35.1. The van der Waals surface area contributed by atoms with E-state index >= 15 is 28.8 Å². The summed E-state index contributed by atoms with van der Waals surface area (Å²) in [5, 5.41) is 7.76. The maximum Gasteiger partial charge on any atom is 0.417 e. The molecule has 5 fully saturated rings. The molecule has 2 aliphatic carbocycles. The average molecular weight is 1460 g/mol. The Morgan fingerprint density at radius 2 is 1.25 bits per heavy atom. The molecule has 0 radical (unpaired) electrons. The van der Waals surface area contributed by atoms with Gasteiger partial charge in [-0.05, 0) is 112 Å². The van der Waals surface area contributed by atoms with Crippen LogP contribution in [0.15, 0.2) is 18.2 Å². The number of nitrogens with one attached hydrogen (secondary N) is 3. The van der Waals surface area contributed by atoms with Gasteiger partial charge < -0.3 is 64.8 Å². The molecule has 1 aromatic rings. The Bertz CT molecular complexity index is 3150. The number of rotatable bonds is 12. The summed E-state index contributed by atoms with van der Waals surface area (Å²) in [7, 11) is 8.88. The Kier molecular flexibility index (Phi) is 29.6. The first-order chi connectivity index (χ1) is 47.3. The van der Waals surface area contributed by atoms with Crippen LogP contribution in [0, 0.1) is 17.8 Å². The van der Waals surface area contributed by atoms with Crippen LogP contribution in [0.25, 0.3) is 0 Å². The number of hydrogen-bond acceptors (Lipinski definition) is 13. The molecule has 3 aliphatic heterocycles. The smallest absolute Gasteiger partial charge is 0.369 e. The third kappa shape index (κ3) is 21.6. The van der Waals surface area contributed by atoms with E-state index in [4.69, 9.17) is 16.3 Å². The first-order valence-corrected chi connectivity index (χ1v) is 35.5. The predicted octanol–water partition coefficient (Wildman–Crippen LogP) is 5.03. The van der Waals surface area contributed by atoms with Crippen LogP contribution in [0.5, 0.6) is 0 Å². The Morgan fingerprint density at radius 3 is 1.84 bits per heavy atom. The Hall–Kier alpha value is -7.31. The summed E-state index contributed by atoms with van der Waals surface area (Å²) < 4.78 is 87.0. The lowest BCUT2D eigenvalue weighted by molar-refractivity contribution is -0.180. The van der Waals surface area contributed by atoms with Crippen LogP contribution in [0.2, 0.25) is 5.02 Å². The van der Waals surface area contributed by atoms with E-state index in [9.17, 15) is 55.1 Å². The van der Waals surface area contributed by atoms with Gasteiger partial charge in [-0.25, -0.2) is 0 Å². The second-order valence-corrected chi connectivity index (χ2v) is 29.0. The zero-order chi connectivity index (χ0) is 75.2. The third-order valence-electron chi connectivity index (χ3n) is 20.6. The SMILES string of the molecule is CC[C@H](C)[C@@H]1NC(=O)[C@H](CC(C)C)N(C)C(=O)C[C@@H](C(=O)N2CCCCC2)N(C)C(=O)[C@H](C2CCCCC2)N(C)C(=O)C2(CCCC2)NC(=O)C2CCCN2C(=O)[C@H](CCc2ccc(C(F)(F)F)c(Cl)c2)NC(=O)CN(C)C(=O)[C@H](COCC(F)(F)F)N(C)C(=O)CN(C)C(=O)CN(C)C1=O. The zero-order valence-electron chi connectivity index (χ0n) is 60.1. The van der Waals surface area contributed by atoms with E-state index in [1.165, 1.54) is 54.8 Å². The predicted molar refractivity (Wildman–Crippen MR) is 359 cm³/mol. The summed E-state index contributed by atoms with van der Waals surface area (Å²) >= 11 is 6.09. The molecule has 3 heterocycles. The maximum atomic E-state index is 15.8. The molecule has 6 rings (SSSR count). The van der Waals surface area contributed by atoms with Crippen LogP contribution in [0.3, 0.4) is 0 Å². The van der Waals surface area contributed by atoms with E-state index in [1.807, 2.05) is 13.8 Å². The topological polar surface area (TPSA) is 279 Å². The molecule has 566 valence electrons. The third-order valence-corrected chi connectivity index (χ3v) is 20.9. The Labute approximate surface area is 592 Å². The van der Waals surface area contributed by atoms with Gasteiger partial charge in [0.05, 0.1) is 43.2 Å². The highest BCUT2D eigenvalue weighted by molar-refractivity contribution is 6.31. The van der Waals surface area contributed by atoms with Crippen molar-refractivity contribution in [2.75, 3.05) is 102 Å². The summed E-state index contributed by atoms with van der Waals surface area (Å²) in [6.45, 7) is 2.34. The second-order valence-electron chi connectivity index (χ2n) is 28.6. The normalized spacial score (nSPS) is 25.9. The summed E-state index contributed by atoms with van der Waals surface area (Å²) in [6.07, 6.45) is -3.55. The number of halogens is 7. The Morgan fingerprint density at radius 1 is 0.644 bits per heavy atom. The highest BCUT2D eigenvalue weighted by atomic mass is 35.5. The lowest BCUT2D eigenvalue weighted by Gasteiger charge is -2.43. The van der Waals surface area contributed by atoms with Crippen molar-refractivity contribution in [3.63, 3.8) is 0 Å². The molecule has 0 bridgehead atoms. The fourth-order valence-electron chi connectivity index (χ4n) is 14.3. The van der Waals surface area contributed by atoms with E-state index in [2.05, 4.69) is 16.0 Å². The number of amides is 12. The molecule has 3 N–H and O–H groups in total. The van der Waals surface area contributed by atoms with Crippen LogP contribution in [-0.4, -0.2) is 271 Å². The van der Waals surface area contributed by atoms with E-state index in [0.717, 1.165) is 59.8 Å². The van der Waals surface area contributed by atoms with Crippen LogP contribution in [0.4, 0.5) is 26.3 Å². The van der Waals surface area contributed by atoms with Crippen molar-refractivity contribution in [3.8, 4) is 0 Å². The van der Waals surface area contributed by atoms with Crippen molar-refractivity contribution in [2.45, 2.75) is 210 Å². The first kappa shape index (κ1) is 82.6. The van der Waals surface area contributed by atoms with Gasteiger partial charge in [0, 0.05) is 69.0 Å². The summed E-state index contributed by atoms with van der Waals surface area (Å²) in [5.74, 6) is -10.9. The number of benzene rings is 1. The second kappa shape index (κ2) is 36.2. The minimum Gasteiger partial charge on any atom is -0.369 e. The number of carbonyl (C=O) groups excluding carboxylic acids is 12. The van der Waals surface area contributed by atoms with Crippen LogP contribution < -0.4 is 16.0 Å². The van der Waals surface area contributed by atoms with Gasteiger partial charge in [0.25, 0.3) is 0 Å². The molecule has 1 spiro atoms. The fourth-order valence-corrected chi connectivity index (χ4v) is 14.6.